The summed E-state index contributed by atoms with van der Waals surface area (Å²) in [6.07, 6.45) is 1.49. The molecule has 0 aliphatic rings. The molecular weight excluding hydrogens is 284 g/mol. The summed E-state index contributed by atoms with van der Waals surface area (Å²) in [5.74, 6) is -0.0852. The maximum atomic E-state index is 12.1. The number of phenolic OH excluding ortho intramolecular Hbond substituents is 1. The Bertz CT molecular complexity index is 824. The Balaban J connectivity index is 1.75. The lowest BCUT2D eigenvalue weighted by molar-refractivity contribution is 0.0957. The van der Waals surface area contributed by atoms with Crippen LogP contribution in [0.1, 0.15) is 15.9 Å². The number of benzene rings is 2. The summed E-state index contributed by atoms with van der Waals surface area (Å²) >= 11 is 1.53. The molecule has 0 fully saturated rings. The van der Waals surface area contributed by atoms with Gasteiger partial charge < -0.3 is 5.11 Å². The van der Waals surface area contributed by atoms with Gasteiger partial charge in [0, 0.05) is 15.5 Å². The Labute approximate surface area is 125 Å². The maximum Gasteiger partial charge on any atom is 0.272 e. The average molecular weight is 296 g/mol. The quantitative estimate of drug-likeness (QED) is 0.575. The molecule has 3 aromatic rings. The van der Waals surface area contributed by atoms with Gasteiger partial charge in [-0.15, -0.1) is 11.3 Å². The average Bonchev–Trinajstić information content (AvgIpc) is 2.91. The van der Waals surface area contributed by atoms with Crippen LogP contribution in [0, 0.1) is 0 Å². The lowest BCUT2D eigenvalue weighted by atomic mass is 10.2. The molecule has 0 atom stereocenters. The molecule has 0 saturated heterocycles. The zero-order valence-electron chi connectivity index (χ0n) is 11.0. The van der Waals surface area contributed by atoms with Gasteiger partial charge in [-0.1, -0.05) is 30.3 Å². The van der Waals surface area contributed by atoms with Crippen LogP contribution in [-0.4, -0.2) is 17.2 Å². The van der Waals surface area contributed by atoms with E-state index in [1.54, 1.807) is 24.3 Å². The number of rotatable bonds is 3. The molecule has 0 radical (unpaired) electrons. The largest absolute Gasteiger partial charge is 0.508 e. The SMILES string of the molecule is O=C(NN=Cc1cccc(O)c1)c1csc2ccccc12. The molecule has 0 aliphatic carbocycles. The van der Waals surface area contributed by atoms with E-state index in [2.05, 4.69) is 10.5 Å². The summed E-state index contributed by atoms with van der Waals surface area (Å²) in [6, 6.07) is 14.4. The number of nitrogens with one attached hydrogen (secondary N) is 1. The van der Waals surface area contributed by atoms with Crippen molar-refractivity contribution >= 4 is 33.5 Å². The van der Waals surface area contributed by atoms with Crippen LogP contribution in [0.3, 0.4) is 0 Å². The molecule has 104 valence electrons. The molecule has 4 nitrogen and oxygen atoms in total. The highest BCUT2D eigenvalue weighted by molar-refractivity contribution is 7.17. The van der Waals surface area contributed by atoms with E-state index in [4.69, 9.17) is 0 Å². The van der Waals surface area contributed by atoms with Crippen molar-refractivity contribution in [3.05, 3.63) is 65.0 Å². The number of amides is 1. The third kappa shape index (κ3) is 2.93. The molecule has 1 heterocycles. The number of nitrogens with zero attached hydrogens (tertiary/aromatic N) is 1. The van der Waals surface area contributed by atoms with Crippen molar-refractivity contribution in [1.29, 1.82) is 0 Å². The summed E-state index contributed by atoms with van der Waals surface area (Å²) in [5, 5.41) is 16.0. The Morgan fingerprint density at radius 1 is 1.19 bits per heavy atom. The van der Waals surface area contributed by atoms with Crippen LogP contribution in [0.4, 0.5) is 0 Å². The molecule has 2 N–H and O–H groups in total. The highest BCUT2D eigenvalue weighted by atomic mass is 32.1. The van der Waals surface area contributed by atoms with E-state index in [-0.39, 0.29) is 11.7 Å². The third-order valence-corrected chi connectivity index (χ3v) is 3.94. The molecule has 0 saturated carbocycles. The Morgan fingerprint density at radius 2 is 2.05 bits per heavy atom. The minimum Gasteiger partial charge on any atom is -0.508 e. The van der Waals surface area contributed by atoms with E-state index < -0.39 is 0 Å². The summed E-state index contributed by atoms with van der Waals surface area (Å²) in [7, 11) is 0. The summed E-state index contributed by atoms with van der Waals surface area (Å²) in [5.41, 5.74) is 3.83. The molecule has 5 heteroatoms. The van der Waals surface area contributed by atoms with Crippen molar-refractivity contribution in [2.24, 2.45) is 5.10 Å². The number of thiophene rings is 1. The number of phenols is 1. The summed E-state index contributed by atoms with van der Waals surface area (Å²) in [4.78, 5) is 12.1. The lowest BCUT2D eigenvalue weighted by Gasteiger charge is -1.98. The van der Waals surface area contributed by atoms with Crippen LogP contribution < -0.4 is 5.43 Å². The molecule has 0 unspecified atom stereocenters. The van der Waals surface area contributed by atoms with Crippen LogP contribution >= 0.6 is 11.3 Å². The van der Waals surface area contributed by atoms with Gasteiger partial charge in [-0.3, -0.25) is 4.79 Å². The van der Waals surface area contributed by atoms with Gasteiger partial charge in [-0.25, -0.2) is 5.43 Å². The minimum atomic E-state index is -0.246. The fraction of sp³-hybridized carbons (Fsp3) is 0. The summed E-state index contributed by atoms with van der Waals surface area (Å²) < 4.78 is 1.07. The van der Waals surface area contributed by atoms with E-state index in [0.717, 1.165) is 10.1 Å². The second-order valence-corrected chi connectivity index (χ2v) is 5.35. The number of hydrogen-bond donors (Lipinski definition) is 2. The Hall–Kier alpha value is -2.66. The van der Waals surface area contributed by atoms with Gasteiger partial charge in [0.05, 0.1) is 11.8 Å². The predicted molar refractivity (Wildman–Crippen MR) is 85.0 cm³/mol. The van der Waals surface area contributed by atoms with Gasteiger partial charge in [-0.2, -0.15) is 5.10 Å². The molecule has 0 aliphatic heterocycles. The topological polar surface area (TPSA) is 61.7 Å². The number of fused-ring (bicyclic) bond motifs is 1. The molecule has 2 aromatic carbocycles. The number of carbonyl (C=O) groups excluding carboxylic acids is 1. The number of aromatic hydroxyl groups is 1. The standard InChI is InChI=1S/C16H12N2O2S/c19-12-5-3-4-11(8-12)9-17-18-16(20)14-10-21-15-7-2-1-6-13(14)15/h1-10,19H,(H,18,20). The molecule has 0 spiro atoms. The van der Waals surface area contributed by atoms with E-state index in [0.29, 0.717) is 11.1 Å². The minimum absolute atomic E-state index is 0.161. The predicted octanol–water partition coefficient (Wildman–Crippen LogP) is 3.37. The Kier molecular flexibility index (Phi) is 3.66. The van der Waals surface area contributed by atoms with Crippen molar-refractivity contribution in [2.75, 3.05) is 0 Å². The maximum absolute atomic E-state index is 12.1. The third-order valence-electron chi connectivity index (χ3n) is 2.98. The fourth-order valence-electron chi connectivity index (χ4n) is 1.98. The Morgan fingerprint density at radius 3 is 2.90 bits per heavy atom. The first-order chi connectivity index (χ1) is 10.2. The molecule has 1 aromatic heterocycles. The highest BCUT2D eigenvalue weighted by Crippen LogP contribution is 2.25. The molecule has 0 bridgehead atoms. The van der Waals surface area contributed by atoms with Crippen molar-refractivity contribution in [1.82, 2.24) is 5.43 Å². The molecule has 1 amide bonds. The molecular formula is C16H12N2O2S. The first-order valence-electron chi connectivity index (χ1n) is 6.33. The van der Waals surface area contributed by atoms with E-state index in [1.165, 1.54) is 17.6 Å². The van der Waals surface area contributed by atoms with Crippen LogP contribution in [-0.2, 0) is 0 Å². The van der Waals surface area contributed by atoms with Gasteiger partial charge in [0.1, 0.15) is 5.75 Å². The van der Waals surface area contributed by atoms with Gasteiger partial charge in [0.2, 0.25) is 0 Å². The smallest absolute Gasteiger partial charge is 0.272 e. The second-order valence-electron chi connectivity index (χ2n) is 4.44. The van der Waals surface area contributed by atoms with Crippen LogP contribution in [0.5, 0.6) is 5.75 Å². The summed E-state index contributed by atoms with van der Waals surface area (Å²) in [6.45, 7) is 0. The lowest BCUT2D eigenvalue weighted by Crippen LogP contribution is -2.17. The van der Waals surface area contributed by atoms with E-state index in [1.807, 2.05) is 29.6 Å². The van der Waals surface area contributed by atoms with Crippen LogP contribution in [0.2, 0.25) is 0 Å². The van der Waals surface area contributed by atoms with Gasteiger partial charge in [-0.05, 0) is 23.8 Å². The van der Waals surface area contributed by atoms with Crippen LogP contribution in [0.25, 0.3) is 10.1 Å². The van der Waals surface area contributed by atoms with Crippen molar-refractivity contribution in [2.45, 2.75) is 0 Å². The number of carbonyl (C=O) groups is 1. The molecule has 21 heavy (non-hydrogen) atoms. The molecule has 3 rings (SSSR count). The normalized spacial score (nSPS) is 11.0. The highest BCUT2D eigenvalue weighted by Gasteiger charge is 2.10. The fourth-order valence-corrected chi connectivity index (χ4v) is 2.93. The zero-order chi connectivity index (χ0) is 14.7. The first-order valence-corrected chi connectivity index (χ1v) is 7.21. The number of hydrogen-bond acceptors (Lipinski definition) is 4. The van der Waals surface area contributed by atoms with Crippen molar-refractivity contribution < 1.29 is 9.90 Å². The van der Waals surface area contributed by atoms with Gasteiger partial charge in [0.25, 0.3) is 5.91 Å². The van der Waals surface area contributed by atoms with E-state index in [9.17, 15) is 9.90 Å². The van der Waals surface area contributed by atoms with Gasteiger partial charge >= 0.3 is 0 Å². The van der Waals surface area contributed by atoms with Gasteiger partial charge in [0.15, 0.2) is 0 Å². The zero-order valence-corrected chi connectivity index (χ0v) is 11.8. The monoisotopic (exact) mass is 296 g/mol. The second kappa shape index (κ2) is 5.76. The van der Waals surface area contributed by atoms with Crippen LogP contribution in [0.15, 0.2) is 59.0 Å². The van der Waals surface area contributed by atoms with Crippen molar-refractivity contribution in [3.63, 3.8) is 0 Å². The number of hydrazone groups is 1. The van der Waals surface area contributed by atoms with E-state index >= 15 is 0 Å². The first kappa shape index (κ1) is 13.3. The van der Waals surface area contributed by atoms with Crippen molar-refractivity contribution in [3.8, 4) is 5.75 Å².